The second-order valence-corrected chi connectivity index (χ2v) is 19.2. The van der Waals surface area contributed by atoms with Gasteiger partial charge in [0, 0.05) is 24.0 Å². The van der Waals surface area contributed by atoms with Gasteiger partial charge in [0.2, 0.25) is 0 Å². The maximum atomic E-state index is 6.24. The molecule has 0 N–H and O–H groups in total. The molecule has 4 heteroatoms. The molecule has 3 heterocycles. The molecule has 0 bridgehead atoms. The van der Waals surface area contributed by atoms with E-state index in [4.69, 9.17) is 4.99 Å². The highest BCUT2D eigenvalue weighted by Gasteiger charge is 2.66. The Morgan fingerprint density at radius 2 is 1.27 bits per heavy atom. The summed E-state index contributed by atoms with van der Waals surface area (Å²) in [5.41, 5.74) is 4.65. The van der Waals surface area contributed by atoms with Gasteiger partial charge in [0.15, 0.2) is 12.7 Å². The molecule has 6 saturated carbocycles. The van der Waals surface area contributed by atoms with Crippen LogP contribution < -0.4 is 5.46 Å². The van der Waals surface area contributed by atoms with Crippen LogP contribution >= 0.6 is 0 Å². The van der Waals surface area contributed by atoms with E-state index in [0.29, 0.717) is 36.7 Å². The summed E-state index contributed by atoms with van der Waals surface area (Å²) in [5.74, 6) is 8.48. The van der Waals surface area contributed by atoms with Gasteiger partial charge < -0.3 is 9.80 Å². The molecule has 3 nitrogen and oxygen atoms in total. The molecule has 0 amide bonds. The molecule has 12 rings (SSSR count). The third-order valence-electron chi connectivity index (χ3n) is 17.5. The lowest BCUT2D eigenvalue weighted by Gasteiger charge is -2.67. The van der Waals surface area contributed by atoms with Crippen molar-refractivity contribution in [3.8, 4) is 11.1 Å². The molecule has 8 fully saturated rings. The minimum atomic E-state index is 0.575. The molecule has 9 aliphatic rings. The third-order valence-corrected chi connectivity index (χ3v) is 17.5. The first-order chi connectivity index (χ1) is 25.3. The Morgan fingerprint density at radius 3 is 2.24 bits per heavy atom. The summed E-state index contributed by atoms with van der Waals surface area (Å²) in [5, 5.41) is 2.98. The van der Waals surface area contributed by atoms with E-state index in [9.17, 15) is 0 Å². The van der Waals surface area contributed by atoms with Crippen molar-refractivity contribution in [2.45, 2.75) is 151 Å². The van der Waals surface area contributed by atoms with Crippen LogP contribution in [0.25, 0.3) is 21.9 Å². The molecule has 51 heavy (non-hydrogen) atoms. The molecule has 264 valence electrons. The van der Waals surface area contributed by atoms with Crippen molar-refractivity contribution < 1.29 is 0 Å². The highest BCUT2D eigenvalue weighted by molar-refractivity contribution is 6.80. The number of nitrogens with zero attached hydrogens (tertiary/aromatic N) is 3. The monoisotopic (exact) mass is 675 g/mol. The van der Waals surface area contributed by atoms with E-state index in [2.05, 4.69) is 76.5 Å². The fourth-order valence-corrected chi connectivity index (χ4v) is 16.0. The predicted octanol–water partition coefficient (Wildman–Crippen LogP) is 10.2. The summed E-state index contributed by atoms with van der Waals surface area (Å²) in [4.78, 5) is 12.6. The quantitative estimate of drug-likeness (QED) is 0.252. The molecule has 0 spiro atoms. The van der Waals surface area contributed by atoms with Gasteiger partial charge in [-0.3, -0.25) is 0 Å². The average molecular weight is 676 g/mol. The maximum absolute atomic E-state index is 6.24. The van der Waals surface area contributed by atoms with Crippen LogP contribution in [-0.2, 0) is 0 Å². The van der Waals surface area contributed by atoms with Crippen LogP contribution in [0.3, 0.4) is 0 Å². The van der Waals surface area contributed by atoms with Gasteiger partial charge >= 0.3 is 0 Å². The summed E-state index contributed by atoms with van der Waals surface area (Å²) < 4.78 is 0. The van der Waals surface area contributed by atoms with Crippen molar-refractivity contribution in [3.05, 3.63) is 66.7 Å². The average Bonchev–Trinajstić information content (AvgIpc) is 3.59. The molecule has 3 aromatic rings. The first-order valence-electron chi connectivity index (χ1n) is 22.0. The van der Waals surface area contributed by atoms with Crippen LogP contribution in [0.15, 0.2) is 71.7 Å². The number of fused-ring (bicyclic) bond motifs is 12. The zero-order valence-corrected chi connectivity index (χ0v) is 30.8. The molecule has 0 radical (unpaired) electrons. The molecule has 2 saturated heterocycles. The van der Waals surface area contributed by atoms with E-state index < -0.39 is 0 Å². The molecular formula is C47H58BN3. The van der Waals surface area contributed by atoms with Gasteiger partial charge in [-0.05, 0) is 114 Å². The smallest absolute Gasteiger partial charge is 0.198 e. The number of hydrogen-bond donors (Lipinski definition) is 0. The van der Waals surface area contributed by atoms with Crippen molar-refractivity contribution >= 4 is 28.9 Å². The molecule has 13 unspecified atom stereocenters. The fraction of sp³-hybridized carbons (Fsp3) is 0.638. The Morgan fingerprint density at radius 1 is 0.529 bits per heavy atom. The summed E-state index contributed by atoms with van der Waals surface area (Å²) in [7, 11) is 0. The van der Waals surface area contributed by atoms with Crippen molar-refractivity contribution in [3.63, 3.8) is 0 Å². The minimum absolute atomic E-state index is 0.575. The van der Waals surface area contributed by atoms with E-state index in [-0.39, 0.29) is 0 Å². The standard InChI is InChI=1S/C47H58BN3/c1-2-11-29(12-3-1)36-26-23-31-14-5-7-17-35(31)44(36)48-37-18-8-9-19-39(37)51-46-38(48)27-24-32-15-10-20-40(43(32)46)50-41-28-25-33-22-21-30-13-4-6-16-34(30)42(33)45(41)49-47(50)51/h1-3,5,7,11-12,14,17,23,26,30,32-34,37-43,45-46H,4,6,8-10,13,15-16,18-22,24-25,27-28H2. The number of rotatable bonds is 2. The van der Waals surface area contributed by atoms with Crippen LogP contribution in [0.5, 0.6) is 0 Å². The number of hydrogen-bond acceptors (Lipinski definition) is 3. The number of aliphatic imine (C=N–C) groups is 1. The third kappa shape index (κ3) is 4.40. The highest BCUT2D eigenvalue weighted by Crippen LogP contribution is 2.62. The lowest BCUT2D eigenvalue weighted by Crippen LogP contribution is -2.76. The first-order valence-corrected chi connectivity index (χ1v) is 22.0. The Labute approximate surface area is 307 Å². The van der Waals surface area contributed by atoms with Gasteiger partial charge in [-0.2, -0.15) is 0 Å². The molecule has 0 aromatic heterocycles. The number of benzene rings is 3. The highest BCUT2D eigenvalue weighted by atomic mass is 15.5. The van der Waals surface area contributed by atoms with E-state index in [0.717, 1.165) is 47.4 Å². The summed E-state index contributed by atoms with van der Waals surface area (Å²) >= 11 is 0. The van der Waals surface area contributed by atoms with Gasteiger partial charge in [0.05, 0.1) is 12.1 Å². The maximum Gasteiger partial charge on any atom is 0.198 e. The van der Waals surface area contributed by atoms with E-state index in [1.54, 1.807) is 11.4 Å². The van der Waals surface area contributed by atoms with E-state index in [1.165, 1.54) is 131 Å². The lowest BCUT2D eigenvalue weighted by molar-refractivity contribution is -0.0668. The van der Waals surface area contributed by atoms with Gasteiger partial charge in [-0.1, -0.05) is 130 Å². The largest absolute Gasteiger partial charge is 0.337 e. The Kier molecular flexibility index (Phi) is 7.15. The normalized spacial score (nSPS) is 42.2. The Bertz CT molecular complexity index is 1840. The van der Waals surface area contributed by atoms with E-state index >= 15 is 0 Å². The summed E-state index contributed by atoms with van der Waals surface area (Å²) in [6.07, 6.45) is 24.7. The van der Waals surface area contributed by atoms with Gasteiger partial charge in [-0.25, -0.2) is 4.99 Å². The van der Waals surface area contributed by atoms with E-state index in [1.807, 2.05) is 0 Å². The topological polar surface area (TPSA) is 18.8 Å². The van der Waals surface area contributed by atoms with Gasteiger partial charge in [-0.15, -0.1) is 0 Å². The SMILES string of the molecule is c1ccc(-c2ccc3ccccc3c2B2C3CCCCC3N3C4=NC5C6C(CCC7CCCCC76)CCC5N4C4CCCC5CCC2C3C54)cc1. The zero-order chi connectivity index (χ0) is 33.2. The van der Waals surface area contributed by atoms with Crippen LogP contribution in [0.4, 0.5) is 0 Å². The Balaban J connectivity index is 1.03. The van der Waals surface area contributed by atoms with Crippen LogP contribution in [0.1, 0.15) is 109 Å². The first kappa shape index (κ1) is 30.7. The fourth-order valence-electron chi connectivity index (χ4n) is 16.0. The Hall–Kier alpha value is -2.75. The van der Waals surface area contributed by atoms with Gasteiger partial charge in [0.25, 0.3) is 0 Å². The summed E-state index contributed by atoms with van der Waals surface area (Å²) in [6.45, 7) is 0.628. The second-order valence-electron chi connectivity index (χ2n) is 19.2. The summed E-state index contributed by atoms with van der Waals surface area (Å²) in [6, 6.07) is 29.2. The molecule has 3 aliphatic heterocycles. The predicted molar refractivity (Wildman–Crippen MR) is 212 cm³/mol. The van der Waals surface area contributed by atoms with Crippen molar-refractivity contribution in [2.24, 2.45) is 40.5 Å². The van der Waals surface area contributed by atoms with Gasteiger partial charge in [0.1, 0.15) is 0 Å². The molecular weight excluding hydrogens is 617 g/mol. The van der Waals surface area contributed by atoms with Crippen molar-refractivity contribution in [2.75, 3.05) is 0 Å². The van der Waals surface area contributed by atoms with Crippen LogP contribution in [0, 0.1) is 35.5 Å². The van der Waals surface area contributed by atoms with Crippen LogP contribution in [0.2, 0.25) is 11.6 Å². The molecule has 6 aliphatic carbocycles. The second kappa shape index (κ2) is 11.9. The lowest BCUT2D eigenvalue weighted by atomic mass is 9.22. The molecule has 3 aromatic carbocycles. The number of guanidine groups is 1. The van der Waals surface area contributed by atoms with Crippen molar-refractivity contribution in [1.82, 2.24) is 9.80 Å². The molecule has 13 atom stereocenters. The zero-order valence-electron chi connectivity index (χ0n) is 30.8. The minimum Gasteiger partial charge on any atom is -0.337 e. The van der Waals surface area contributed by atoms with Crippen molar-refractivity contribution in [1.29, 1.82) is 0 Å². The van der Waals surface area contributed by atoms with Crippen LogP contribution in [-0.4, -0.2) is 52.7 Å².